The number of nitrogens with zero attached hydrogens (tertiary/aromatic N) is 1. The highest BCUT2D eigenvalue weighted by Gasteiger charge is 2.43. The molecule has 1 saturated carbocycles. The molecule has 2 unspecified atom stereocenters. The van der Waals surface area contributed by atoms with E-state index in [1.165, 1.54) is 6.42 Å². The molecule has 1 heterocycles. The Hall–Kier alpha value is -1.35. The molecule has 1 aliphatic heterocycles. The van der Waals surface area contributed by atoms with E-state index in [0.29, 0.717) is 13.0 Å². The average Bonchev–Trinajstić information content (AvgIpc) is 2.47. The molecule has 0 spiro atoms. The summed E-state index contributed by atoms with van der Waals surface area (Å²) in [4.78, 5) is 14.3. The van der Waals surface area contributed by atoms with Gasteiger partial charge in [-0.25, -0.2) is 0 Å². The Morgan fingerprint density at radius 2 is 2.05 bits per heavy atom. The Kier molecular flexibility index (Phi) is 3.79. The lowest BCUT2D eigenvalue weighted by molar-refractivity contribution is -0.142. The van der Waals surface area contributed by atoms with Crippen LogP contribution in [0, 0.1) is 5.92 Å². The summed E-state index contributed by atoms with van der Waals surface area (Å²) in [5, 5.41) is 10.6. The summed E-state index contributed by atoms with van der Waals surface area (Å²) in [5.41, 5.74) is 0.573. The lowest BCUT2D eigenvalue weighted by Crippen LogP contribution is -2.54. The fourth-order valence-corrected chi connectivity index (χ4v) is 3.68. The Labute approximate surface area is 120 Å². The number of likely N-dealkylation sites (tertiary alicyclic amines) is 1. The zero-order valence-electron chi connectivity index (χ0n) is 11.9. The molecule has 0 radical (unpaired) electrons. The van der Waals surface area contributed by atoms with Crippen molar-refractivity contribution in [1.29, 1.82) is 0 Å². The second kappa shape index (κ2) is 5.57. The normalized spacial score (nSPS) is 29.9. The number of carbonyl (C=O) groups excluding carboxylic acids is 1. The van der Waals surface area contributed by atoms with Crippen molar-refractivity contribution < 1.29 is 9.90 Å². The maximum Gasteiger partial charge on any atom is 0.227 e. The highest BCUT2D eigenvalue weighted by molar-refractivity contribution is 5.78. The number of hydrogen-bond acceptors (Lipinski definition) is 2. The van der Waals surface area contributed by atoms with Gasteiger partial charge in [0.1, 0.15) is 0 Å². The predicted octanol–water partition coefficient (Wildman–Crippen LogP) is 2.38. The summed E-state index contributed by atoms with van der Waals surface area (Å²) in [7, 11) is 0. The van der Waals surface area contributed by atoms with Crippen LogP contribution in [0.4, 0.5) is 0 Å². The van der Waals surface area contributed by atoms with Gasteiger partial charge in [0, 0.05) is 19.0 Å². The monoisotopic (exact) mass is 273 g/mol. The second-order valence-electron chi connectivity index (χ2n) is 6.30. The first-order valence-corrected chi connectivity index (χ1v) is 7.71. The van der Waals surface area contributed by atoms with Gasteiger partial charge in [0.2, 0.25) is 5.91 Å². The first kappa shape index (κ1) is 13.6. The van der Waals surface area contributed by atoms with Crippen molar-refractivity contribution in [3.05, 3.63) is 35.9 Å². The van der Waals surface area contributed by atoms with E-state index in [4.69, 9.17) is 0 Å². The van der Waals surface area contributed by atoms with E-state index in [1.54, 1.807) is 0 Å². The molecule has 1 aliphatic carbocycles. The van der Waals surface area contributed by atoms with Crippen molar-refractivity contribution in [1.82, 2.24) is 4.90 Å². The van der Waals surface area contributed by atoms with Crippen LogP contribution in [0.1, 0.15) is 37.7 Å². The molecule has 0 aromatic heterocycles. The van der Waals surface area contributed by atoms with Crippen molar-refractivity contribution in [2.24, 2.45) is 5.92 Å². The summed E-state index contributed by atoms with van der Waals surface area (Å²) in [6.07, 6.45) is 5.52. The molecule has 2 aliphatic rings. The van der Waals surface area contributed by atoms with Crippen LogP contribution in [0.2, 0.25) is 0 Å². The number of benzene rings is 1. The Balaban J connectivity index is 1.63. The fraction of sp³-hybridized carbons (Fsp3) is 0.588. The minimum Gasteiger partial charge on any atom is -0.389 e. The maximum atomic E-state index is 12.4. The first-order chi connectivity index (χ1) is 9.67. The molecule has 20 heavy (non-hydrogen) atoms. The van der Waals surface area contributed by atoms with Crippen LogP contribution < -0.4 is 0 Å². The second-order valence-corrected chi connectivity index (χ2v) is 6.30. The van der Waals surface area contributed by atoms with Gasteiger partial charge in [-0.2, -0.15) is 0 Å². The summed E-state index contributed by atoms with van der Waals surface area (Å²) >= 11 is 0. The van der Waals surface area contributed by atoms with E-state index in [1.807, 2.05) is 35.2 Å². The topological polar surface area (TPSA) is 40.5 Å². The number of fused-ring (bicyclic) bond motifs is 1. The summed E-state index contributed by atoms with van der Waals surface area (Å²) < 4.78 is 0. The molecule has 3 rings (SSSR count). The van der Waals surface area contributed by atoms with Crippen LogP contribution in [-0.4, -0.2) is 34.6 Å². The number of piperidine rings is 1. The maximum absolute atomic E-state index is 12.4. The molecule has 108 valence electrons. The molecule has 1 saturated heterocycles. The predicted molar refractivity (Wildman–Crippen MR) is 78.3 cm³/mol. The van der Waals surface area contributed by atoms with E-state index in [-0.39, 0.29) is 11.8 Å². The van der Waals surface area contributed by atoms with Crippen molar-refractivity contribution in [2.45, 2.75) is 44.1 Å². The third-order valence-corrected chi connectivity index (χ3v) is 4.98. The summed E-state index contributed by atoms with van der Waals surface area (Å²) in [6.45, 7) is 1.45. The summed E-state index contributed by atoms with van der Waals surface area (Å²) in [6, 6.07) is 9.91. The van der Waals surface area contributed by atoms with Crippen LogP contribution in [-0.2, 0) is 11.2 Å². The number of amides is 1. The Bertz CT molecular complexity index is 473. The molecular weight excluding hydrogens is 250 g/mol. The number of hydrogen-bond donors (Lipinski definition) is 1. The van der Waals surface area contributed by atoms with Crippen LogP contribution in [0.5, 0.6) is 0 Å². The average molecular weight is 273 g/mol. The van der Waals surface area contributed by atoms with Crippen LogP contribution in [0.3, 0.4) is 0 Å². The van der Waals surface area contributed by atoms with Crippen molar-refractivity contribution >= 4 is 5.91 Å². The van der Waals surface area contributed by atoms with Crippen LogP contribution in [0.25, 0.3) is 0 Å². The lowest BCUT2D eigenvalue weighted by atomic mass is 9.71. The van der Waals surface area contributed by atoms with Crippen molar-refractivity contribution in [2.75, 3.05) is 13.1 Å². The number of aliphatic hydroxyl groups is 1. The van der Waals surface area contributed by atoms with Crippen LogP contribution in [0.15, 0.2) is 30.3 Å². The zero-order valence-corrected chi connectivity index (χ0v) is 11.9. The van der Waals surface area contributed by atoms with Gasteiger partial charge in [-0.1, -0.05) is 43.2 Å². The smallest absolute Gasteiger partial charge is 0.227 e. The fourth-order valence-electron chi connectivity index (χ4n) is 3.68. The molecule has 2 atom stereocenters. The van der Waals surface area contributed by atoms with Gasteiger partial charge in [-0.15, -0.1) is 0 Å². The van der Waals surface area contributed by atoms with Gasteiger partial charge in [0.05, 0.1) is 12.0 Å². The lowest BCUT2D eigenvalue weighted by Gasteiger charge is -2.47. The van der Waals surface area contributed by atoms with Gasteiger partial charge >= 0.3 is 0 Å². The molecule has 1 N–H and O–H groups in total. The highest BCUT2D eigenvalue weighted by Crippen LogP contribution is 2.39. The molecule has 0 bridgehead atoms. The molecular formula is C17H23NO2. The van der Waals surface area contributed by atoms with E-state index in [9.17, 15) is 9.90 Å². The molecule has 3 nitrogen and oxygen atoms in total. The largest absolute Gasteiger partial charge is 0.389 e. The molecule has 1 amide bonds. The third kappa shape index (κ3) is 2.73. The van der Waals surface area contributed by atoms with E-state index in [2.05, 4.69) is 0 Å². The minimum absolute atomic E-state index is 0.198. The van der Waals surface area contributed by atoms with Gasteiger partial charge < -0.3 is 10.0 Å². The SMILES string of the molecule is O=C(Cc1ccccc1)N1CCC2(O)CCCCC2C1. The van der Waals surface area contributed by atoms with Gasteiger partial charge in [-0.05, 0) is 24.8 Å². The van der Waals surface area contributed by atoms with E-state index < -0.39 is 5.60 Å². The number of carbonyl (C=O) groups is 1. The molecule has 2 fully saturated rings. The molecule has 1 aromatic rings. The van der Waals surface area contributed by atoms with Crippen molar-refractivity contribution in [3.8, 4) is 0 Å². The molecule has 3 heteroatoms. The Morgan fingerprint density at radius 1 is 1.25 bits per heavy atom. The number of rotatable bonds is 2. The van der Waals surface area contributed by atoms with E-state index >= 15 is 0 Å². The first-order valence-electron chi connectivity index (χ1n) is 7.71. The minimum atomic E-state index is -0.498. The zero-order chi connectivity index (χ0) is 14.0. The Morgan fingerprint density at radius 3 is 2.85 bits per heavy atom. The quantitative estimate of drug-likeness (QED) is 0.899. The summed E-state index contributed by atoms with van der Waals surface area (Å²) in [5.74, 6) is 0.480. The highest BCUT2D eigenvalue weighted by atomic mass is 16.3. The third-order valence-electron chi connectivity index (χ3n) is 4.98. The van der Waals surface area contributed by atoms with Gasteiger partial charge in [0.25, 0.3) is 0 Å². The van der Waals surface area contributed by atoms with Crippen molar-refractivity contribution in [3.63, 3.8) is 0 Å². The van der Waals surface area contributed by atoms with Gasteiger partial charge in [-0.3, -0.25) is 4.79 Å². The van der Waals surface area contributed by atoms with E-state index in [0.717, 1.165) is 37.8 Å². The van der Waals surface area contributed by atoms with Gasteiger partial charge in [0.15, 0.2) is 0 Å². The standard InChI is InChI=1S/C17H23NO2/c19-16(12-14-6-2-1-3-7-14)18-11-10-17(20)9-5-4-8-15(17)13-18/h1-3,6-7,15,20H,4-5,8-13H2. The molecule has 1 aromatic carbocycles. The van der Waals surface area contributed by atoms with Crippen LogP contribution >= 0.6 is 0 Å².